The fraction of sp³-hybridized carbons (Fsp3) is 0.286. The Morgan fingerprint density at radius 3 is 3.05 bits per heavy atom. The number of carbonyl (C=O) groups excluding carboxylic acids is 1. The van der Waals surface area contributed by atoms with Gasteiger partial charge in [-0.1, -0.05) is 12.1 Å². The van der Waals surface area contributed by atoms with E-state index in [4.69, 9.17) is 4.42 Å². The summed E-state index contributed by atoms with van der Waals surface area (Å²) >= 11 is 0. The molecule has 5 heteroatoms. The molecule has 0 saturated heterocycles. The van der Waals surface area contributed by atoms with Gasteiger partial charge in [0.15, 0.2) is 5.58 Å². The molecule has 0 aliphatic carbocycles. The van der Waals surface area contributed by atoms with Crippen LogP contribution in [0.5, 0.6) is 0 Å². The Morgan fingerprint density at radius 2 is 2.32 bits per heavy atom. The van der Waals surface area contributed by atoms with E-state index in [2.05, 4.69) is 11.9 Å². The molecule has 2 aromatic rings. The van der Waals surface area contributed by atoms with Crippen LogP contribution in [-0.2, 0) is 18.3 Å². The summed E-state index contributed by atoms with van der Waals surface area (Å²) in [5, 5.41) is 2.72. The van der Waals surface area contributed by atoms with Gasteiger partial charge in [-0.15, -0.1) is 6.58 Å². The normalized spacial score (nSPS) is 10.6. The van der Waals surface area contributed by atoms with E-state index in [0.717, 1.165) is 11.1 Å². The molecule has 1 heterocycles. The fourth-order valence-corrected chi connectivity index (χ4v) is 1.86. The highest BCUT2D eigenvalue weighted by molar-refractivity contribution is 5.77. The van der Waals surface area contributed by atoms with Crippen LogP contribution in [0, 0.1) is 0 Å². The maximum atomic E-state index is 11.5. The number of nitrogens with zero attached hydrogens (tertiary/aromatic N) is 1. The molecule has 0 atom stereocenters. The molecule has 0 aliphatic heterocycles. The van der Waals surface area contributed by atoms with E-state index in [0.29, 0.717) is 25.0 Å². The smallest absolute Gasteiger partial charge is 0.408 e. The minimum atomic E-state index is -0.379. The van der Waals surface area contributed by atoms with Gasteiger partial charge < -0.3 is 9.73 Å². The summed E-state index contributed by atoms with van der Waals surface area (Å²) in [6.45, 7) is 4.02. The quantitative estimate of drug-likeness (QED) is 0.826. The summed E-state index contributed by atoms with van der Waals surface area (Å²) in [5.41, 5.74) is 2.30. The number of hydrogen-bond donors (Lipinski definition) is 1. The van der Waals surface area contributed by atoms with Crippen LogP contribution >= 0.6 is 0 Å². The molecule has 0 bridgehead atoms. The Morgan fingerprint density at radius 1 is 1.53 bits per heavy atom. The summed E-state index contributed by atoms with van der Waals surface area (Å²) in [6.07, 6.45) is 2.68. The second-order valence-corrected chi connectivity index (χ2v) is 4.32. The van der Waals surface area contributed by atoms with E-state index < -0.39 is 0 Å². The van der Waals surface area contributed by atoms with Crippen molar-refractivity contribution >= 4 is 17.0 Å². The van der Waals surface area contributed by atoms with Gasteiger partial charge in [0.05, 0.1) is 5.52 Å². The number of nitrogens with one attached hydrogen (secondary N) is 1. The van der Waals surface area contributed by atoms with E-state index in [1.807, 2.05) is 12.1 Å². The predicted molar refractivity (Wildman–Crippen MR) is 73.0 cm³/mol. The number of benzene rings is 1. The van der Waals surface area contributed by atoms with Gasteiger partial charge in [0.2, 0.25) is 5.91 Å². The van der Waals surface area contributed by atoms with E-state index in [1.165, 1.54) is 4.57 Å². The van der Waals surface area contributed by atoms with Crippen molar-refractivity contribution in [3.8, 4) is 0 Å². The number of rotatable bonds is 5. The number of hydrogen-bond acceptors (Lipinski definition) is 3. The highest BCUT2D eigenvalue weighted by Crippen LogP contribution is 2.15. The Kier molecular flexibility index (Phi) is 3.85. The number of amides is 1. The van der Waals surface area contributed by atoms with Crippen LogP contribution in [-0.4, -0.2) is 17.0 Å². The molecule has 0 spiro atoms. The SMILES string of the molecule is C=CCNC(=O)CCc1ccc2oc(=O)n(C)c2c1. The standard InChI is InChI=1S/C14H16N2O3/c1-3-8-15-13(17)7-5-10-4-6-12-11(9-10)16(2)14(18)19-12/h3-4,6,9H,1,5,7-8H2,2H3,(H,15,17). The third-order valence-electron chi connectivity index (χ3n) is 2.94. The Labute approximate surface area is 110 Å². The zero-order chi connectivity index (χ0) is 13.8. The Hall–Kier alpha value is -2.30. The van der Waals surface area contributed by atoms with Crippen molar-refractivity contribution in [3.05, 3.63) is 47.0 Å². The van der Waals surface area contributed by atoms with Gasteiger partial charge in [-0.2, -0.15) is 0 Å². The molecular weight excluding hydrogens is 244 g/mol. The summed E-state index contributed by atoms with van der Waals surface area (Å²) in [4.78, 5) is 22.8. The fourth-order valence-electron chi connectivity index (χ4n) is 1.86. The molecule has 0 aliphatic rings. The third-order valence-corrected chi connectivity index (χ3v) is 2.94. The van der Waals surface area contributed by atoms with Crippen LogP contribution in [0.2, 0.25) is 0 Å². The van der Waals surface area contributed by atoms with Gasteiger partial charge in [0, 0.05) is 20.0 Å². The molecule has 0 radical (unpaired) electrons. The molecule has 0 fully saturated rings. The molecule has 1 aromatic carbocycles. The third kappa shape index (κ3) is 2.93. The lowest BCUT2D eigenvalue weighted by atomic mass is 10.1. The Balaban J connectivity index is 2.09. The van der Waals surface area contributed by atoms with Crippen LogP contribution in [0.3, 0.4) is 0 Å². The van der Waals surface area contributed by atoms with Crippen molar-refractivity contribution < 1.29 is 9.21 Å². The maximum absolute atomic E-state index is 11.5. The van der Waals surface area contributed by atoms with Gasteiger partial charge in [-0.25, -0.2) is 4.79 Å². The molecule has 1 aromatic heterocycles. The highest BCUT2D eigenvalue weighted by Gasteiger charge is 2.07. The molecular formula is C14H16N2O3. The van der Waals surface area contributed by atoms with Crippen molar-refractivity contribution in [2.45, 2.75) is 12.8 Å². The molecule has 2 rings (SSSR count). The molecule has 100 valence electrons. The molecule has 1 amide bonds. The minimum absolute atomic E-state index is 0.0129. The van der Waals surface area contributed by atoms with Crippen LogP contribution in [0.1, 0.15) is 12.0 Å². The number of aryl methyl sites for hydroxylation is 2. The van der Waals surface area contributed by atoms with Crippen molar-refractivity contribution in [3.63, 3.8) is 0 Å². The van der Waals surface area contributed by atoms with Crippen molar-refractivity contribution in [2.24, 2.45) is 7.05 Å². The molecule has 0 saturated carbocycles. The zero-order valence-corrected chi connectivity index (χ0v) is 10.8. The predicted octanol–water partition coefficient (Wildman–Crippen LogP) is 1.37. The van der Waals surface area contributed by atoms with Crippen molar-refractivity contribution in [1.82, 2.24) is 9.88 Å². The first-order valence-electron chi connectivity index (χ1n) is 6.08. The second kappa shape index (κ2) is 5.56. The van der Waals surface area contributed by atoms with Crippen molar-refractivity contribution in [1.29, 1.82) is 0 Å². The first kappa shape index (κ1) is 13.1. The molecule has 1 N–H and O–H groups in total. The van der Waals surface area contributed by atoms with E-state index in [-0.39, 0.29) is 11.7 Å². The first-order valence-corrected chi connectivity index (χ1v) is 6.08. The average Bonchev–Trinajstić information content (AvgIpc) is 2.69. The Bertz CT molecular complexity index is 667. The van der Waals surface area contributed by atoms with Crippen LogP contribution in [0.25, 0.3) is 11.1 Å². The second-order valence-electron chi connectivity index (χ2n) is 4.32. The molecule has 5 nitrogen and oxygen atoms in total. The summed E-state index contributed by atoms with van der Waals surface area (Å²) in [5.74, 6) is -0.392. The topological polar surface area (TPSA) is 64.2 Å². The van der Waals surface area contributed by atoms with Gasteiger partial charge >= 0.3 is 5.76 Å². The average molecular weight is 260 g/mol. The zero-order valence-electron chi connectivity index (χ0n) is 10.8. The number of oxazole rings is 1. The summed E-state index contributed by atoms with van der Waals surface area (Å²) in [7, 11) is 1.66. The summed E-state index contributed by atoms with van der Waals surface area (Å²) < 4.78 is 6.50. The molecule has 0 unspecified atom stereocenters. The molecule has 19 heavy (non-hydrogen) atoms. The highest BCUT2D eigenvalue weighted by atomic mass is 16.4. The van der Waals surface area contributed by atoms with Crippen LogP contribution in [0.15, 0.2) is 40.1 Å². The lowest BCUT2D eigenvalue weighted by Crippen LogP contribution is -2.23. The van der Waals surface area contributed by atoms with E-state index in [1.54, 1.807) is 19.2 Å². The number of carbonyl (C=O) groups is 1. The van der Waals surface area contributed by atoms with E-state index >= 15 is 0 Å². The van der Waals surface area contributed by atoms with Gasteiger partial charge in [-0.3, -0.25) is 9.36 Å². The lowest BCUT2D eigenvalue weighted by Gasteiger charge is -2.03. The number of fused-ring (bicyclic) bond motifs is 1. The maximum Gasteiger partial charge on any atom is 0.419 e. The minimum Gasteiger partial charge on any atom is -0.408 e. The largest absolute Gasteiger partial charge is 0.419 e. The van der Waals surface area contributed by atoms with Gasteiger partial charge in [0.25, 0.3) is 0 Å². The first-order chi connectivity index (χ1) is 9.11. The van der Waals surface area contributed by atoms with Crippen molar-refractivity contribution in [2.75, 3.05) is 6.54 Å². The monoisotopic (exact) mass is 260 g/mol. The van der Waals surface area contributed by atoms with Crippen LogP contribution in [0.4, 0.5) is 0 Å². The lowest BCUT2D eigenvalue weighted by molar-refractivity contribution is -0.120. The van der Waals surface area contributed by atoms with E-state index in [9.17, 15) is 9.59 Å². The van der Waals surface area contributed by atoms with Gasteiger partial charge in [0.1, 0.15) is 0 Å². The number of aromatic nitrogens is 1. The van der Waals surface area contributed by atoms with Crippen LogP contribution < -0.4 is 11.1 Å². The summed E-state index contributed by atoms with van der Waals surface area (Å²) in [6, 6.07) is 5.50. The van der Waals surface area contributed by atoms with Gasteiger partial charge in [-0.05, 0) is 24.1 Å².